The van der Waals surface area contributed by atoms with Gasteiger partial charge in [-0.05, 0) is 56.9 Å². The summed E-state index contributed by atoms with van der Waals surface area (Å²) in [7, 11) is 0. The highest BCUT2D eigenvalue weighted by Crippen LogP contribution is 2.14. The highest BCUT2D eigenvalue weighted by atomic mass is 16.5. The molecule has 2 rings (SSSR count). The van der Waals surface area contributed by atoms with E-state index in [1.807, 2.05) is 57.2 Å². The van der Waals surface area contributed by atoms with Crippen molar-refractivity contribution in [2.24, 2.45) is 0 Å². The minimum absolute atomic E-state index is 0.0829. The van der Waals surface area contributed by atoms with Crippen molar-refractivity contribution >= 4 is 5.91 Å². The molecule has 3 heteroatoms. The van der Waals surface area contributed by atoms with Crippen LogP contribution in [0.25, 0.3) is 0 Å². The van der Waals surface area contributed by atoms with Gasteiger partial charge in [-0.3, -0.25) is 4.79 Å². The van der Waals surface area contributed by atoms with Gasteiger partial charge in [-0.15, -0.1) is 0 Å². The summed E-state index contributed by atoms with van der Waals surface area (Å²) in [5.74, 6) is 0.986. The van der Waals surface area contributed by atoms with Crippen LogP contribution in [0.2, 0.25) is 0 Å². The van der Waals surface area contributed by atoms with Crippen molar-refractivity contribution in [1.29, 1.82) is 0 Å². The second-order valence-electron chi connectivity index (χ2n) is 6.43. The number of hydrogen-bond donors (Lipinski definition) is 1. The predicted molar refractivity (Wildman–Crippen MR) is 98.4 cm³/mol. The van der Waals surface area contributed by atoms with E-state index in [0.29, 0.717) is 13.0 Å². The van der Waals surface area contributed by atoms with Crippen LogP contribution >= 0.6 is 0 Å². The average Bonchev–Trinajstić information content (AvgIpc) is 2.55. The third kappa shape index (κ3) is 6.45. The highest BCUT2D eigenvalue weighted by Gasteiger charge is 2.03. The van der Waals surface area contributed by atoms with Crippen LogP contribution in [0.15, 0.2) is 48.5 Å². The Morgan fingerprint density at radius 2 is 1.62 bits per heavy atom. The zero-order valence-electron chi connectivity index (χ0n) is 14.8. The Morgan fingerprint density at radius 1 is 1.00 bits per heavy atom. The van der Waals surface area contributed by atoms with Gasteiger partial charge in [-0.2, -0.15) is 0 Å². The predicted octanol–water partition coefficient (Wildman–Crippen LogP) is 4.07. The summed E-state index contributed by atoms with van der Waals surface area (Å²) < 4.78 is 5.63. The molecule has 2 aromatic rings. The maximum atomic E-state index is 11.9. The molecule has 0 fully saturated rings. The van der Waals surface area contributed by atoms with Gasteiger partial charge >= 0.3 is 0 Å². The van der Waals surface area contributed by atoms with E-state index in [1.165, 1.54) is 11.1 Å². The minimum Gasteiger partial charge on any atom is -0.491 e. The first kappa shape index (κ1) is 18.1. The summed E-state index contributed by atoms with van der Waals surface area (Å²) in [6.45, 7) is 6.79. The molecule has 128 valence electrons. The Hall–Kier alpha value is -2.29. The van der Waals surface area contributed by atoms with Crippen molar-refractivity contribution in [3.05, 3.63) is 65.2 Å². The fourth-order valence-corrected chi connectivity index (χ4v) is 2.48. The molecule has 24 heavy (non-hydrogen) atoms. The van der Waals surface area contributed by atoms with Gasteiger partial charge in [0, 0.05) is 6.54 Å². The second-order valence-corrected chi connectivity index (χ2v) is 6.43. The van der Waals surface area contributed by atoms with E-state index in [-0.39, 0.29) is 12.0 Å². The zero-order valence-corrected chi connectivity index (χ0v) is 14.8. The van der Waals surface area contributed by atoms with Crippen LogP contribution in [0, 0.1) is 6.92 Å². The third-order valence-corrected chi connectivity index (χ3v) is 3.74. The summed E-state index contributed by atoms with van der Waals surface area (Å²) in [5, 5.41) is 2.99. The first-order valence-electron chi connectivity index (χ1n) is 8.61. The van der Waals surface area contributed by atoms with Gasteiger partial charge in [0.05, 0.1) is 12.5 Å². The van der Waals surface area contributed by atoms with Crippen LogP contribution in [0.4, 0.5) is 0 Å². The quantitative estimate of drug-likeness (QED) is 0.743. The molecule has 1 N–H and O–H groups in total. The fraction of sp³-hybridized carbons (Fsp3) is 0.381. The van der Waals surface area contributed by atoms with Gasteiger partial charge in [0.15, 0.2) is 0 Å². The largest absolute Gasteiger partial charge is 0.491 e. The average molecular weight is 325 g/mol. The summed E-state index contributed by atoms with van der Waals surface area (Å²) in [4.78, 5) is 11.9. The summed E-state index contributed by atoms with van der Waals surface area (Å²) >= 11 is 0. The van der Waals surface area contributed by atoms with Crippen LogP contribution in [-0.4, -0.2) is 18.6 Å². The summed E-state index contributed by atoms with van der Waals surface area (Å²) in [6, 6.07) is 16.3. The van der Waals surface area contributed by atoms with Gasteiger partial charge in [-0.1, -0.05) is 42.0 Å². The molecule has 0 atom stereocenters. The monoisotopic (exact) mass is 325 g/mol. The summed E-state index contributed by atoms with van der Waals surface area (Å²) in [5.41, 5.74) is 3.53. The number of rotatable bonds is 8. The highest BCUT2D eigenvalue weighted by molar-refractivity contribution is 5.78. The molecule has 0 unspecified atom stereocenters. The summed E-state index contributed by atoms with van der Waals surface area (Å²) in [6.07, 6.45) is 2.53. The number of carbonyl (C=O) groups is 1. The maximum absolute atomic E-state index is 11.9. The molecule has 0 heterocycles. The van der Waals surface area contributed by atoms with Crippen molar-refractivity contribution < 1.29 is 9.53 Å². The molecule has 0 aliphatic rings. The molecule has 0 radical (unpaired) electrons. The maximum Gasteiger partial charge on any atom is 0.224 e. The number of aryl methyl sites for hydroxylation is 2. The van der Waals surface area contributed by atoms with E-state index in [2.05, 4.69) is 17.4 Å². The van der Waals surface area contributed by atoms with Crippen LogP contribution in [0.5, 0.6) is 5.75 Å². The lowest BCUT2D eigenvalue weighted by atomic mass is 10.1. The van der Waals surface area contributed by atoms with Crippen molar-refractivity contribution in [1.82, 2.24) is 5.32 Å². The molecular weight excluding hydrogens is 298 g/mol. The SMILES string of the molecule is Cc1ccc(CC(=O)NCCCc2ccc(OC(C)C)cc2)cc1. The van der Waals surface area contributed by atoms with E-state index in [0.717, 1.165) is 24.2 Å². The first-order chi connectivity index (χ1) is 11.5. The molecule has 1 amide bonds. The lowest BCUT2D eigenvalue weighted by Crippen LogP contribution is -2.26. The van der Waals surface area contributed by atoms with Gasteiger partial charge in [0.2, 0.25) is 5.91 Å². The van der Waals surface area contributed by atoms with Crippen molar-refractivity contribution in [3.8, 4) is 5.75 Å². The van der Waals surface area contributed by atoms with Crippen LogP contribution < -0.4 is 10.1 Å². The Morgan fingerprint density at radius 3 is 2.25 bits per heavy atom. The molecular formula is C21H27NO2. The van der Waals surface area contributed by atoms with Crippen molar-refractivity contribution in [3.63, 3.8) is 0 Å². The molecule has 2 aromatic carbocycles. The molecule has 3 nitrogen and oxygen atoms in total. The van der Waals surface area contributed by atoms with E-state index >= 15 is 0 Å². The number of ether oxygens (including phenoxy) is 1. The topological polar surface area (TPSA) is 38.3 Å². The molecule has 0 spiro atoms. The molecule has 0 bridgehead atoms. The van der Waals surface area contributed by atoms with Gasteiger partial charge in [-0.25, -0.2) is 0 Å². The Kier molecular flexibility index (Phi) is 6.86. The van der Waals surface area contributed by atoms with Crippen molar-refractivity contribution in [2.45, 2.75) is 46.1 Å². The Labute approximate surface area is 145 Å². The normalized spacial score (nSPS) is 10.7. The van der Waals surface area contributed by atoms with Gasteiger partial charge in [0.25, 0.3) is 0 Å². The van der Waals surface area contributed by atoms with E-state index in [4.69, 9.17) is 4.74 Å². The molecule has 0 saturated carbocycles. The Bertz CT molecular complexity index is 630. The zero-order chi connectivity index (χ0) is 17.4. The first-order valence-corrected chi connectivity index (χ1v) is 8.61. The number of amides is 1. The molecule has 0 saturated heterocycles. The second kappa shape index (κ2) is 9.11. The minimum atomic E-state index is 0.0829. The third-order valence-electron chi connectivity index (χ3n) is 3.74. The smallest absolute Gasteiger partial charge is 0.224 e. The number of nitrogens with one attached hydrogen (secondary N) is 1. The molecule has 0 aliphatic heterocycles. The number of benzene rings is 2. The van der Waals surface area contributed by atoms with E-state index < -0.39 is 0 Å². The lowest BCUT2D eigenvalue weighted by Gasteiger charge is -2.10. The van der Waals surface area contributed by atoms with Crippen LogP contribution in [0.3, 0.4) is 0 Å². The lowest BCUT2D eigenvalue weighted by molar-refractivity contribution is -0.120. The van der Waals surface area contributed by atoms with E-state index in [9.17, 15) is 4.79 Å². The van der Waals surface area contributed by atoms with Crippen LogP contribution in [0.1, 0.15) is 37.0 Å². The number of carbonyl (C=O) groups excluding carboxylic acids is 1. The van der Waals surface area contributed by atoms with Crippen LogP contribution in [-0.2, 0) is 17.6 Å². The van der Waals surface area contributed by atoms with Crippen molar-refractivity contribution in [2.75, 3.05) is 6.54 Å². The molecule has 0 aliphatic carbocycles. The van der Waals surface area contributed by atoms with E-state index in [1.54, 1.807) is 0 Å². The standard InChI is InChI=1S/C21H27NO2/c1-16(2)24-20-12-10-18(11-13-20)5-4-14-22-21(23)15-19-8-6-17(3)7-9-19/h6-13,16H,4-5,14-15H2,1-3H3,(H,22,23). The fourth-order valence-electron chi connectivity index (χ4n) is 2.48. The van der Waals surface area contributed by atoms with Gasteiger partial charge in [0.1, 0.15) is 5.75 Å². The number of hydrogen-bond acceptors (Lipinski definition) is 2. The Balaban J connectivity index is 1.66. The molecule has 0 aromatic heterocycles. The van der Waals surface area contributed by atoms with Gasteiger partial charge < -0.3 is 10.1 Å².